The molecular weight excluding hydrogens is 484 g/mol. The van der Waals surface area contributed by atoms with Gasteiger partial charge in [-0.05, 0) is 57.1 Å². The van der Waals surface area contributed by atoms with Crippen molar-refractivity contribution in [1.82, 2.24) is 9.80 Å². The molecule has 0 aromatic heterocycles. The van der Waals surface area contributed by atoms with Gasteiger partial charge in [0.15, 0.2) is 5.75 Å². The van der Waals surface area contributed by atoms with Gasteiger partial charge in [0.2, 0.25) is 5.88 Å². The van der Waals surface area contributed by atoms with Crippen molar-refractivity contribution in [3.8, 4) is 11.8 Å². The highest BCUT2D eigenvalue weighted by atomic mass is 32.2. The van der Waals surface area contributed by atoms with Crippen molar-refractivity contribution in [2.75, 3.05) is 49.9 Å². The van der Waals surface area contributed by atoms with Crippen LogP contribution in [0.1, 0.15) is 40.0 Å². The summed E-state index contributed by atoms with van der Waals surface area (Å²) in [6, 6.07) is 9.54. The lowest BCUT2D eigenvalue weighted by Crippen LogP contribution is -2.27. The number of hydrogen-bond acceptors (Lipinski definition) is 7. The Bertz CT molecular complexity index is 1050. The van der Waals surface area contributed by atoms with Crippen LogP contribution in [0.15, 0.2) is 47.9 Å². The highest BCUT2D eigenvalue weighted by Crippen LogP contribution is 2.38. The van der Waals surface area contributed by atoms with Gasteiger partial charge in [-0.25, -0.2) is 0 Å². The van der Waals surface area contributed by atoms with E-state index in [1.165, 1.54) is 19.6 Å². The van der Waals surface area contributed by atoms with Gasteiger partial charge in [-0.1, -0.05) is 45.1 Å². The second-order valence-electron chi connectivity index (χ2n) is 8.18. The molecule has 0 radical (unpaired) electrons. The van der Waals surface area contributed by atoms with E-state index < -0.39 is 10.1 Å². The number of likely N-dealkylation sites (tertiary alicyclic amines) is 1. The molecule has 2 heterocycles. The lowest BCUT2D eigenvalue weighted by Gasteiger charge is -2.18. The van der Waals surface area contributed by atoms with E-state index in [0.717, 1.165) is 31.6 Å². The van der Waals surface area contributed by atoms with Crippen LogP contribution in [-0.4, -0.2) is 72.8 Å². The molecule has 3 rings (SSSR count). The van der Waals surface area contributed by atoms with Gasteiger partial charge in [-0.3, -0.25) is 4.55 Å². The Hall–Kier alpha value is -2.45. The van der Waals surface area contributed by atoms with Crippen molar-refractivity contribution in [1.29, 1.82) is 5.26 Å². The minimum Gasteiger partial charge on any atom is -0.439 e. The Kier molecular flexibility index (Phi) is 11.7. The normalized spacial score (nSPS) is 16.6. The van der Waals surface area contributed by atoms with Crippen LogP contribution in [-0.2, 0) is 10.1 Å². The molecule has 1 aromatic carbocycles. The van der Waals surface area contributed by atoms with Gasteiger partial charge in [0.25, 0.3) is 10.1 Å². The molecule has 0 saturated carbocycles. The molecule has 1 aromatic rings. The second kappa shape index (κ2) is 14.2. The van der Waals surface area contributed by atoms with Crippen LogP contribution in [0.3, 0.4) is 0 Å². The molecule has 0 atom stereocenters. The quantitative estimate of drug-likeness (QED) is 0.222. The smallest absolute Gasteiger partial charge is 0.264 e. The molecule has 8 nitrogen and oxygen atoms in total. The summed E-state index contributed by atoms with van der Waals surface area (Å²) in [5.74, 6) is 0.792. The summed E-state index contributed by atoms with van der Waals surface area (Å²) in [5.41, 5.74) is 1.19. The van der Waals surface area contributed by atoms with E-state index in [1.54, 1.807) is 12.2 Å². The molecule has 1 fully saturated rings. The van der Waals surface area contributed by atoms with Crippen molar-refractivity contribution in [3.05, 3.63) is 47.9 Å². The third-order valence-electron chi connectivity index (χ3n) is 5.90. The predicted octanol–water partition coefficient (Wildman–Crippen LogP) is 4.23. The zero-order valence-corrected chi connectivity index (χ0v) is 22.4. The number of ether oxygens (including phenoxy) is 1. The molecule has 0 bridgehead atoms. The standard InChI is InChI=1S/C19H21N3O4S2.C6H15N/c20-14-15(19(27)21-10-3-4-11-21)8-9-18-22(12-5-13-28(23,24)25)16-6-1-2-7-17(16)26-18;1-4-7(5-2)6-3/h1-2,6-9H,3-5,10-13H2,(H,23,24,25);4-6H2,1-3H3/b15-8-,18-9-;. The van der Waals surface area contributed by atoms with E-state index in [4.69, 9.17) is 21.5 Å². The largest absolute Gasteiger partial charge is 0.439 e. The highest BCUT2D eigenvalue weighted by molar-refractivity contribution is 7.85. The molecule has 0 aliphatic carbocycles. The summed E-state index contributed by atoms with van der Waals surface area (Å²) in [4.78, 5) is 6.76. The first-order chi connectivity index (χ1) is 16.7. The fourth-order valence-corrected chi connectivity index (χ4v) is 4.68. The minimum atomic E-state index is -4.03. The van der Waals surface area contributed by atoms with Gasteiger partial charge in [0.05, 0.1) is 17.0 Å². The summed E-state index contributed by atoms with van der Waals surface area (Å²) in [6.45, 7) is 12.2. The first kappa shape index (κ1) is 28.8. The molecule has 0 amide bonds. The van der Waals surface area contributed by atoms with Crippen LogP contribution in [0.5, 0.6) is 5.75 Å². The molecule has 1 N–H and O–H groups in total. The van der Waals surface area contributed by atoms with Crippen molar-refractivity contribution < 1.29 is 17.7 Å². The summed E-state index contributed by atoms with van der Waals surface area (Å²) >= 11 is 5.44. The summed E-state index contributed by atoms with van der Waals surface area (Å²) in [7, 11) is -4.03. The average molecular weight is 521 g/mol. The molecular formula is C25H36N4O4S2. The second-order valence-corrected chi connectivity index (χ2v) is 10.1. The monoisotopic (exact) mass is 520 g/mol. The number of fused-ring (bicyclic) bond motifs is 1. The number of benzene rings is 1. The maximum atomic E-state index is 11.0. The third-order valence-corrected chi connectivity index (χ3v) is 7.18. The first-order valence-electron chi connectivity index (χ1n) is 12.1. The van der Waals surface area contributed by atoms with E-state index in [1.807, 2.05) is 34.1 Å². The molecule has 1 saturated heterocycles. The maximum Gasteiger partial charge on any atom is 0.264 e. The lowest BCUT2D eigenvalue weighted by molar-refractivity contribution is 0.321. The third kappa shape index (κ3) is 8.93. The molecule has 0 unspecified atom stereocenters. The number of nitriles is 1. The fraction of sp³-hybridized carbons (Fsp3) is 0.520. The van der Waals surface area contributed by atoms with Crippen molar-refractivity contribution >= 4 is 33.0 Å². The summed E-state index contributed by atoms with van der Waals surface area (Å²) < 4.78 is 36.9. The van der Waals surface area contributed by atoms with Gasteiger partial charge in [0, 0.05) is 25.7 Å². The highest BCUT2D eigenvalue weighted by Gasteiger charge is 2.26. The zero-order valence-electron chi connectivity index (χ0n) is 20.8. The first-order valence-corrected chi connectivity index (χ1v) is 14.1. The maximum absolute atomic E-state index is 11.0. The number of hydrogen-bond donors (Lipinski definition) is 1. The Balaban J connectivity index is 0.000000540. The van der Waals surface area contributed by atoms with Gasteiger partial charge in [-0.15, -0.1) is 0 Å². The number of allylic oxidation sites excluding steroid dienone is 2. The van der Waals surface area contributed by atoms with Gasteiger partial charge in [-0.2, -0.15) is 13.7 Å². The molecule has 10 heteroatoms. The van der Waals surface area contributed by atoms with E-state index in [9.17, 15) is 13.7 Å². The van der Waals surface area contributed by atoms with Crippen molar-refractivity contribution in [2.24, 2.45) is 0 Å². The number of rotatable bonds is 9. The summed E-state index contributed by atoms with van der Waals surface area (Å²) in [5, 5.41) is 9.49. The number of anilines is 1. The van der Waals surface area contributed by atoms with Crippen molar-refractivity contribution in [2.45, 2.75) is 40.0 Å². The fourth-order valence-electron chi connectivity index (χ4n) is 3.89. The van der Waals surface area contributed by atoms with E-state index >= 15 is 0 Å². The van der Waals surface area contributed by atoms with E-state index in [0.29, 0.717) is 28.7 Å². The van der Waals surface area contributed by atoms with E-state index in [2.05, 4.69) is 31.7 Å². The van der Waals surface area contributed by atoms with Crippen LogP contribution in [0.2, 0.25) is 0 Å². The SMILES string of the molecule is CCN(CC)CC.N#C/C(=C/C=C1\Oc2ccccc2N1CCCS(=O)(=O)O)C(=S)N1CCCC1. The molecule has 192 valence electrons. The number of para-hydroxylation sites is 2. The minimum absolute atomic E-state index is 0.231. The van der Waals surface area contributed by atoms with Crippen LogP contribution in [0.4, 0.5) is 5.69 Å². The van der Waals surface area contributed by atoms with Crippen molar-refractivity contribution in [3.63, 3.8) is 0 Å². The van der Waals surface area contributed by atoms with Crippen LogP contribution in [0, 0.1) is 11.3 Å². The Morgan fingerprint density at radius 3 is 2.37 bits per heavy atom. The lowest BCUT2D eigenvalue weighted by atomic mass is 10.2. The topological polar surface area (TPSA) is 97.1 Å². The van der Waals surface area contributed by atoms with Gasteiger partial charge in [0.1, 0.15) is 11.1 Å². The molecule has 2 aliphatic heterocycles. The Morgan fingerprint density at radius 1 is 1.20 bits per heavy atom. The molecule has 2 aliphatic rings. The number of thiocarbonyl (C=S) groups is 1. The van der Waals surface area contributed by atoms with Gasteiger partial charge >= 0.3 is 0 Å². The van der Waals surface area contributed by atoms with E-state index in [-0.39, 0.29) is 12.2 Å². The Labute approximate surface area is 215 Å². The zero-order chi connectivity index (χ0) is 25.8. The average Bonchev–Trinajstić information content (AvgIpc) is 3.49. The van der Waals surface area contributed by atoms with Crippen LogP contribution >= 0.6 is 12.2 Å². The number of nitrogens with zero attached hydrogens (tertiary/aromatic N) is 4. The summed E-state index contributed by atoms with van der Waals surface area (Å²) in [6.07, 6.45) is 5.68. The Morgan fingerprint density at radius 2 is 1.83 bits per heavy atom. The molecule has 35 heavy (non-hydrogen) atoms. The van der Waals surface area contributed by atoms with Gasteiger partial charge < -0.3 is 19.4 Å². The van der Waals surface area contributed by atoms with Crippen LogP contribution < -0.4 is 9.64 Å². The van der Waals surface area contributed by atoms with Crippen LogP contribution in [0.25, 0.3) is 0 Å². The molecule has 0 spiro atoms. The predicted molar refractivity (Wildman–Crippen MR) is 144 cm³/mol.